The van der Waals surface area contributed by atoms with Crippen LogP contribution in [0.25, 0.3) is 11.5 Å². The van der Waals surface area contributed by atoms with Crippen molar-refractivity contribution in [1.29, 1.82) is 0 Å². The number of benzene rings is 1. The smallest absolute Gasteiger partial charge is 0.262 e. The summed E-state index contributed by atoms with van der Waals surface area (Å²) in [5, 5.41) is 3.56. The summed E-state index contributed by atoms with van der Waals surface area (Å²) in [6.45, 7) is 1.29. The van der Waals surface area contributed by atoms with E-state index in [1.165, 1.54) is 25.1 Å². The molecule has 1 aromatic heterocycles. The molecule has 1 aromatic carbocycles. The van der Waals surface area contributed by atoms with Crippen LogP contribution in [0.1, 0.15) is 17.5 Å². The maximum atomic E-state index is 13.4. The Kier molecular flexibility index (Phi) is 2.70. The monoisotopic (exact) mass is 240 g/mol. The molecule has 0 fully saturated rings. The maximum Gasteiger partial charge on any atom is 0.262 e. The fourth-order valence-electron chi connectivity index (χ4n) is 1.17. The lowest BCUT2D eigenvalue weighted by atomic mass is 10.2. The van der Waals surface area contributed by atoms with E-state index in [4.69, 9.17) is 16.1 Å². The van der Waals surface area contributed by atoms with Crippen LogP contribution in [0, 0.1) is 5.82 Å². The molecule has 0 aliphatic heterocycles. The van der Waals surface area contributed by atoms with Crippen LogP contribution in [0.5, 0.6) is 0 Å². The molecular formula is C10H6ClFN2O2. The van der Waals surface area contributed by atoms with Gasteiger partial charge in [0.15, 0.2) is 0 Å². The Balaban J connectivity index is 2.54. The number of nitrogens with zero attached hydrogens (tertiary/aromatic N) is 2. The van der Waals surface area contributed by atoms with Crippen LogP contribution in [0.3, 0.4) is 0 Å². The van der Waals surface area contributed by atoms with Crippen molar-refractivity contribution in [2.45, 2.75) is 6.92 Å². The fraction of sp³-hybridized carbons (Fsp3) is 0.100. The Labute approximate surface area is 95.0 Å². The van der Waals surface area contributed by atoms with Crippen molar-refractivity contribution in [3.8, 4) is 11.5 Å². The normalized spacial score (nSPS) is 10.4. The zero-order valence-corrected chi connectivity index (χ0v) is 8.95. The number of carbonyl (C=O) groups is 1. The van der Waals surface area contributed by atoms with Crippen molar-refractivity contribution in [2.24, 2.45) is 0 Å². The summed E-state index contributed by atoms with van der Waals surface area (Å²) in [4.78, 5) is 14.7. The fourth-order valence-corrected chi connectivity index (χ4v) is 1.41. The zero-order chi connectivity index (χ0) is 11.7. The number of rotatable bonds is 2. The van der Waals surface area contributed by atoms with Gasteiger partial charge in [0.25, 0.3) is 5.89 Å². The Morgan fingerprint density at radius 1 is 1.50 bits per heavy atom. The third kappa shape index (κ3) is 1.81. The predicted molar refractivity (Wildman–Crippen MR) is 54.7 cm³/mol. The first-order chi connectivity index (χ1) is 7.59. The van der Waals surface area contributed by atoms with Gasteiger partial charge in [-0.1, -0.05) is 22.8 Å². The van der Waals surface area contributed by atoms with Gasteiger partial charge >= 0.3 is 0 Å². The topological polar surface area (TPSA) is 56.0 Å². The van der Waals surface area contributed by atoms with Crippen molar-refractivity contribution in [2.75, 3.05) is 0 Å². The predicted octanol–water partition coefficient (Wildman–Crippen LogP) is 2.73. The lowest BCUT2D eigenvalue weighted by Crippen LogP contribution is -1.94. The summed E-state index contributed by atoms with van der Waals surface area (Å²) >= 11 is 5.80. The molecule has 6 heteroatoms. The van der Waals surface area contributed by atoms with Crippen molar-refractivity contribution in [3.63, 3.8) is 0 Å². The minimum absolute atomic E-state index is 0.00386. The molecule has 0 N–H and O–H groups in total. The van der Waals surface area contributed by atoms with Gasteiger partial charge in [-0.05, 0) is 12.1 Å². The average Bonchev–Trinajstić information content (AvgIpc) is 2.66. The van der Waals surface area contributed by atoms with Gasteiger partial charge in [-0.3, -0.25) is 4.79 Å². The molecule has 0 saturated carbocycles. The average molecular weight is 241 g/mol. The second-order valence-corrected chi connectivity index (χ2v) is 3.48. The highest BCUT2D eigenvalue weighted by molar-refractivity contribution is 6.33. The summed E-state index contributed by atoms with van der Waals surface area (Å²) in [5.74, 6) is -1.14. The minimum atomic E-state index is -0.578. The molecule has 0 spiro atoms. The van der Waals surface area contributed by atoms with Crippen LogP contribution < -0.4 is 0 Å². The molecule has 2 rings (SSSR count). The van der Waals surface area contributed by atoms with Gasteiger partial charge in [0.1, 0.15) is 5.82 Å². The van der Waals surface area contributed by atoms with Crippen molar-refractivity contribution >= 4 is 17.4 Å². The third-order valence-corrected chi connectivity index (χ3v) is 2.23. The Hall–Kier alpha value is -1.75. The van der Waals surface area contributed by atoms with Crippen LogP contribution in [0.4, 0.5) is 4.39 Å². The van der Waals surface area contributed by atoms with Crippen LogP contribution in [0.2, 0.25) is 5.02 Å². The lowest BCUT2D eigenvalue weighted by molar-refractivity contribution is 0.100. The second kappa shape index (κ2) is 4.02. The van der Waals surface area contributed by atoms with Gasteiger partial charge < -0.3 is 4.52 Å². The number of Topliss-reactive ketones (excluding diaryl/α,β-unsaturated/α-hetero) is 1. The van der Waals surface area contributed by atoms with Crippen molar-refractivity contribution in [1.82, 2.24) is 10.1 Å². The Morgan fingerprint density at radius 2 is 2.25 bits per heavy atom. The standard InChI is InChI=1S/C10H6ClFN2O2/c1-5(15)9-13-10(16-14-9)8-6(11)3-2-4-7(8)12/h2-4H,1H3. The molecule has 0 bridgehead atoms. The van der Waals surface area contributed by atoms with E-state index in [1.807, 2.05) is 0 Å². The van der Waals surface area contributed by atoms with Gasteiger partial charge in [0.2, 0.25) is 11.6 Å². The molecule has 4 nitrogen and oxygen atoms in total. The van der Waals surface area contributed by atoms with E-state index >= 15 is 0 Å². The van der Waals surface area contributed by atoms with E-state index in [1.54, 1.807) is 0 Å². The highest BCUT2D eigenvalue weighted by Gasteiger charge is 2.18. The number of carbonyl (C=O) groups excluding carboxylic acids is 1. The van der Waals surface area contributed by atoms with E-state index in [9.17, 15) is 9.18 Å². The van der Waals surface area contributed by atoms with Crippen LogP contribution in [0.15, 0.2) is 22.7 Å². The molecular weight excluding hydrogens is 235 g/mol. The van der Waals surface area contributed by atoms with E-state index < -0.39 is 5.82 Å². The van der Waals surface area contributed by atoms with E-state index in [-0.39, 0.29) is 28.1 Å². The molecule has 82 valence electrons. The van der Waals surface area contributed by atoms with Gasteiger partial charge in [-0.2, -0.15) is 4.98 Å². The molecule has 2 aromatic rings. The molecule has 0 unspecified atom stereocenters. The largest absolute Gasteiger partial charge is 0.333 e. The third-order valence-electron chi connectivity index (χ3n) is 1.92. The zero-order valence-electron chi connectivity index (χ0n) is 8.20. The summed E-state index contributed by atoms with van der Waals surface area (Å²) in [5.41, 5.74) is 0.00386. The van der Waals surface area contributed by atoms with Crippen LogP contribution >= 0.6 is 11.6 Å². The number of hydrogen-bond acceptors (Lipinski definition) is 4. The van der Waals surface area contributed by atoms with Crippen LogP contribution in [-0.4, -0.2) is 15.9 Å². The van der Waals surface area contributed by atoms with Crippen LogP contribution in [-0.2, 0) is 0 Å². The summed E-state index contributed by atoms with van der Waals surface area (Å²) in [6.07, 6.45) is 0. The van der Waals surface area contributed by atoms with Gasteiger partial charge in [0.05, 0.1) is 10.6 Å². The SMILES string of the molecule is CC(=O)c1noc(-c2c(F)cccc2Cl)n1. The van der Waals surface area contributed by atoms with Crippen molar-refractivity contribution < 1.29 is 13.7 Å². The van der Waals surface area contributed by atoms with E-state index in [2.05, 4.69) is 10.1 Å². The van der Waals surface area contributed by atoms with Crippen molar-refractivity contribution in [3.05, 3.63) is 34.9 Å². The first-order valence-electron chi connectivity index (χ1n) is 4.38. The molecule has 0 saturated heterocycles. The first-order valence-corrected chi connectivity index (χ1v) is 4.76. The molecule has 16 heavy (non-hydrogen) atoms. The molecule has 1 heterocycles. The van der Waals surface area contributed by atoms with E-state index in [0.29, 0.717) is 0 Å². The summed E-state index contributed by atoms with van der Waals surface area (Å²) in [7, 11) is 0. The molecule has 0 aliphatic rings. The Morgan fingerprint density at radius 3 is 2.81 bits per heavy atom. The lowest BCUT2D eigenvalue weighted by Gasteiger charge is -1.98. The summed E-state index contributed by atoms with van der Waals surface area (Å²) < 4.78 is 18.2. The molecule has 0 radical (unpaired) electrons. The van der Waals surface area contributed by atoms with Gasteiger partial charge in [0, 0.05) is 6.92 Å². The van der Waals surface area contributed by atoms with E-state index in [0.717, 1.165) is 0 Å². The Bertz CT molecular complexity index is 533. The molecule has 0 atom stereocenters. The second-order valence-electron chi connectivity index (χ2n) is 3.08. The number of ketones is 1. The number of hydrogen-bond donors (Lipinski definition) is 0. The molecule has 0 amide bonds. The number of aromatic nitrogens is 2. The highest BCUT2D eigenvalue weighted by Crippen LogP contribution is 2.28. The quantitative estimate of drug-likeness (QED) is 0.758. The number of halogens is 2. The van der Waals surface area contributed by atoms with Gasteiger partial charge in [-0.15, -0.1) is 0 Å². The summed E-state index contributed by atoms with van der Waals surface area (Å²) in [6, 6.07) is 4.18. The highest BCUT2D eigenvalue weighted by atomic mass is 35.5. The minimum Gasteiger partial charge on any atom is -0.333 e. The first kappa shape index (κ1) is 10.8. The maximum absolute atomic E-state index is 13.4. The molecule has 0 aliphatic carbocycles. The van der Waals surface area contributed by atoms with Gasteiger partial charge in [-0.25, -0.2) is 4.39 Å².